The van der Waals surface area contributed by atoms with Crippen LogP contribution in [-0.4, -0.2) is 114 Å². The maximum atomic E-state index is 13.3. The number of aromatic nitrogens is 2. The zero-order valence-electron chi connectivity index (χ0n) is 30.1. The van der Waals surface area contributed by atoms with E-state index in [0.717, 1.165) is 79.9 Å². The lowest BCUT2D eigenvalue weighted by Crippen LogP contribution is -2.61. The number of aldehydes is 1. The van der Waals surface area contributed by atoms with Gasteiger partial charge in [0.15, 0.2) is 5.82 Å². The Morgan fingerprint density at radius 1 is 0.907 bits per heavy atom. The number of nitrogens with zero attached hydrogens (tertiary/aromatic N) is 6. The highest BCUT2D eigenvalue weighted by Crippen LogP contribution is 2.37. The Morgan fingerprint density at radius 2 is 1.67 bits per heavy atom. The van der Waals surface area contributed by atoms with Crippen LogP contribution in [0.1, 0.15) is 46.4 Å². The van der Waals surface area contributed by atoms with Gasteiger partial charge >= 0.3 is 0 Å². The molecule has 2 unspecified atom stereocenters. The number of benzene rings is 3. The summed E-state index contributed by atoms with van der Waals surface area (Å²) in [6.45, 7) is 5.59. The lowest BCUT2D eigenvalue weighted by Gasteiger charge is -2.49. The van der Waals surface area contributed by atoms with Gasteiger partial charge in [0, 0.05) is 81.4 Å². The average Bonchev–Trinajstić information content (AvgIpc) is 3.45. The number of rotatable bonds is 10. The van der Waals surface area contributed by atoms with Crippen LogP contribution in [0.5, 0.6) is 5.75 Å². The first-order valence-electron chi connectivity index (χ1n) is 18.5. The van der Waals surface area contributed by atoms with Crippen molar-refractivity contribution in [3.63, 3.8) is 0 Å². The fourth-order valence-electron chi connectivity index (χ4n) is 8.27. The largest absolute Gasteiger partial charge is 0.507 e. The molecule has 4 N–H and O–H groups in total. The number of amides is 3. The second-order valence-corrected chi connectivity index (χ2v) is 14.2. The van der Waals surface area contributed by atoms with E-state index in [0.29, 0.717) is 35.3 Å². The zero-order valence-corrected chi connectivity index (χ0v) is 30.1. The summed E-state index contributed by atoms with van der Waals surface area (Å²) < 4.78 is 0. The second-order valence-electron chi connectivity index (χ2n) is 14.2. The minimum atomic E-state index is -1.05. The zero-order chi connectivity index (χ0) is 37.3. The molecular formula is C40H43N9O5. The van der Waals surface area contributed by atoms with E-state index < -0.39 is 23.8 Å². The van der Waals surface area contributed by atoms with Gasteiger partial charge < -0.3 is 35.7 Å². The molecule has 0 spiro atoms. The molecule has 2 atom stereocenters. The van der Waals surface area contributed by atoms with Crippen LogP contribution in [0, 0.1) is 0 Å². The monoisotopic (exact) mass is 729 g/mol. The fraction of sp³-hybridized carbons (Fsp3) is 0.350. The van der Waals surface area contributed by atoms with Gasteiger partial charge in [0.1, 0.15) is 18.1 Å². The van der Waals surface area contributed by atoms with Crippen molar-refractivity contribution in [2.24, 2.45) is 0 Å². The number of phenolic OH excluding ortho intramolecular Hbond substituents is 1. The molecule has 14 nitrogen and oxygen atoms in total. The molecule has 2 fully saturated rings. The maximum absolute atomic E-state index is 13.3. The Labute approximate surface area is 313 Å². The molecule has 1 aromatic heterocycles. The van der Waals surface area contributed by atoms with Crippen molar-refractivity contribution >= 4 is 52.6 Å². The van der Waals surface area contributed by atoms with Crippen LogP contribution in [0.3, 0.4) is 0 Å². The van der Waals surface area contributed by atoms with Crippen LogP contribution in [0.4, 0.5) is 28.6 Å². The third kappa shape index (κ3) is 6.57. The molecule has 5 heterocycles. The highest BCUT2D eigenvalue weighted by molar-refractivity contribution is 6.23. The summed E-state index contributed by atoms with van der Waals surface area (Å²) in [6.07, 6.45) is 2.95. The molecule has 0 radical (unpaired) electrons. The van der Waals surface area contributed by atoms with E-state index in [1.54, 1.807) is 30.3 Å². The Balaban J connectivity index is 0.860. The number of piperazine rings is 1. The average molecular weight is 730 g/mol. The summed E-state index contributed by atoms with van der Waals surface area (Å²) in [4.78, 5) is 58.5. The highest BCUT2D eigenvalue weighted by Gasteiger charge is 2.42. The summed E-state index contributed by atoms with van der Waals surface area (Å²) >= 11 is 0. The van der Waals surface area contributed by atoms with Gasteiger partial charge in [0.2, 0.25) is 5.91 Å². The number of hydrogen-bond donors (Lipinski definition) is 4. The third-order valence-corrected chi connectivity index (χ3v) is 11.1. The molecule has 278 valence electrons. The molecule has 3 aromatic carbocycles. The minimum Gasteiger partial charge on any atom is -0.507 e. The lowest BCUT2D eigenvalue weighted by atomic mass is 9.99. The molecule has 8 rings (SSSR count). The third-order valence-electron chi connectivity index (χ3n) is 11.1. The number of piperidine rings is 1. The lowest BCUT2D eigenvalue weighted by molar-refractivity contribution is -0.124. The van der Waals surface area contributed by atoms with E-state index in [-0.39, 0.29) is 29.7 Å². The van der Waals surface area contributed by atoms with Gasteiger partial charge in [0.25, 0.3) is 11.8 Å². The van der Waals surface area contributed by atoms with Crippen LogP contribution in [0.25, 0.3) is 11.3 Å². The van der Waals surface area contributed by atoms with Gasteiger partial charge in [-0.25, -0.2) is 0 Å². The summed E-state index contributed by atoms with van der Waals surface area (Å²) in [5.74, 6) is -0.587. The van der Waals surface area contributed by atoms with E-state index >= 15 is 0 Å². The van der Waals surface area contributed by atoms with Crippen LogP contribution >= 0.6 is 0 Å². The Morgan fingerprint density at radius 3 is 2.43 bits per heavy atom. The predicted molar refractivity (Wildman–Crippen MR) is 205 cm³/mol. The number of likely N-dealkylation sites (N-methyl/N-ethyl adjacent to an activating group) is 1. The van der Waals surface area contributed by atoms with Crippen LogP contribution in [0.2, 0.25) is 0 Å². The first kappa shape index (κ1) is 35.0. The van der Waals surface area contributed by atoms with E-state index in [4.69, 9.17) is 0 Å². The number of aromatic hydroxyl groups is 1. The molecule has 0 bridgehead atoms. The molecule has 3 amide bonds. The standard InChI is InChI=1S/C40H43N9O5/c1-41-38(52)34(6-4-20-50)49-39(53)30-13-10-26(21-32(30)40(49)54)43-25-8-11-27(12-9-25)46-16-14-28(15-17-46)47-18-19-48-29(24-47)23-42-37-35(48)22-33(44-45-37)31-5-2-3-7-36(31)51/h2-3,5,7-13,20-22,28-29,34,43,51H,4,6,14-19,23-24H2,1H3,(H,41,52)(H,42,45). The van der Waals surface area contributed by atoms with Crippen molar-refractivity contribution in [1.29, 1.82) is 0 Å². The molecule has 4 aliphatic rings. The Hall–Kier alpha value is -6.02. The molecule has 2 saturated heterocycles. The Bertz CT molecular complexity index is 2080. The second kappa shape index (κ2) is 14.8. The van der Waals surface area contributed by atoms with E-state index in [9.17, 15) is 24.3 Å². The molecular weight excluding hydrogens is 686 g/mol. The van der Waals surface area contributed by atoms with Gasteiger partial charge in [-0.15, -0.1) is 10.2 Å². The number of hydrogen-bond acceptors (Lipinski definition) is 12. The first-order valence-corrected chi connectivity index (χ1v) is 18.5. The SMILES string of the molecule is CNC(=O)C(CCC=O)N1C(=O)c2ccc(Nc3ccc(N4CCC(N5CCN6c7cc(-c8ccccc8O)nnc7NCC6C5)CC4)cc3)cc2C1=O. The number of fused-ring (bicyclic) bond motifs is 4. The van der Waals surface area contributed by atoms with Crippen LogP contribution < -0.4 is 25.8 Å². The van der Waals surface area contributed by atoms with Gasteiger partial charge in [0.05, 0.1) is 28.6 Å². The molecule has 54 heavy (non-hydrogen) atoms. The molecule has 0 aliphatic carbocycles. The van der Waals surface area contributed by atoms with Crippen molar-refractivity contribution in [1.82, 2.24) is 25.3 Å². The number of para-hydroxylation sites is 1. The minimum absolute atomic E-state index is 0.0550. The van der Waals surface area contributed by atoms with Crippen molar-refractivity contribution < 1.29 is 24.3 Å². The summed E-state index contributed by atoms with van der Waals surface area (Å²) in [5.41, 5.74) is 5.49. The number of phenols is 1. The number of nitrogens with one attached hydrogen (secondary N) is 3. The number of imide groups is 1. The van der Waals surface area contributed by atoms with Crippen molar-refractivity contribution in [3.05, 3.63) is 83.9 Å². The van der Waals surface area contributed by atoms with Gasteiger partial charge in [-0.2, -0.15) is 0 Å². The normalized spacial score (nSPS) is 19.1. The van der Waals surface area contributed by atoms with Crippen molar-refractivity contribution in [3.8, 4) is 17.0 Å². The van der Waals surface area contributed by atoms with Gasteiger partial charge in [-0.1, -0.05) is 12.1 Å². The van der Waals surface area contributed by atoms with Crippen molar-refractivity contribution in [2.45, 2.75) is 43.8 Å². The number of carbonyl (C=O) groups excluding carboxylic acids is 4. The maximum Gasteiger partial charge on any atom is 0.262 e. The summed E-state index contributed by atoms with van der Waals surface area (Å²) in [7, 11) is 1.44. The first-order chi connectivity index (χ1) is 26.3. The summed E-state index contributed by atoms with van der Waals surface area (Å²) in [5, 5.41) is 28.6. The predicted octanol–water partition coefficient (Wildman–Crippen LogP) is 3.87. The molecule has 14 heteroatoms. The smallest absolute Gasteiger partial charge is 0.262 e. The van der Waals surface area contributed by atoms with Crippen molar-refractivity contribution in [2.75, 3.05) is 66.7 Å². The highest BCUT2D eigenvalue weighted by atomic mass is 16.3. The van der Waals surface area contributed by atoms with E-state index in [2.05, 4.69) is 53.0 Å². The van der Waals surface area contributed by atoms with E-state index in [1.165, 1.54) is 7.05 Å². The molecule has 0 saturated carbocycles. The topological polar surface area (TPSA) is 163 Å². The van der Waals surface area contributed by atoms with Gasteiger partial charge in [-0.05, 0) is 79.9 Å². The van der Waals surface area contributed by atoms with Crippen LogP contribution in [0.15, 0.2) is 72.8 Å². The van der Waals surface area contributed by atoms with Gasteiger partial charge in [-0.3, -0.25) is 24.2 Å². The fourth-order valence-corrected chi connectivity index (χ4v) is 8.27. The summed E-state index contributed by atoms with van der Waals surface area (Å²) in [6, 6.07) is 22.3. The number of carbonyl (C=O) groups is 4. The quantitative estimate of drug-likeness (QED) is 0.138. The molecule has 4 aliphatic heterocycles. The Kier molecular flexibility index (Phi) is 9.59. The van der Waals surface area contributed by atoms with E-state index in [1.807, 2.05) is 30.3 Å². The number of anilines is 5. The molecule has 4 aromatic rings. The van der Waals surface area contributed by atoms with Crippen LogP contribution in [-0.2, 0) is 9.59 Å².